The number of amides is 1. The van der Waals surface area contributed by atoms with E-state index in [9.17, 15) is 14.7 Å². The van der Waals surface area contributed by atoms with Crippen LogP contribution in [-0.4, -0.2) is 41.1 Å². The monoisotopic (exact) mass is 355 g/mol. The van der Waals surface area contributed by atoms with E-state index in [1.54, 1.807) is 12.1 Å². The van der Waals surface area contributed by atoms with Crippen LogP contribution in [0.25, 0.3) is 0 Å². The van der Waals surface area contributed by atoms with Gasteiger partial charge in [0.1, 0.15) is 11.8 Å². The van der Waals surface area contributed by atoms with Crippen molar-refractivity contribution in [3.8, 4) is 5.75 Å². The Hall–Kier alpha value is -1.56. The molecule has 114 valence electrons. The number of carboxylic acid groups (broad SMARTS) is 1. The third kappa shape index (κ3) is 4.20. The van der Waals surface area contributed by atoms with Crippen molar-refractivity contribution in [1.82, 2.24) is 4.90 Å². The molecule has 1 aromatic rings. The first kappa shape index (κ1) is 15.8. The third-order valence-electron chi connectivity index (χ3n) is 3.65. The fourth-order valence-corrected chi connectivity index (χ4v) is 2.70. The summed E-state index contributed by atoms with van der Waals surface area (Å²) in [5, 5.41) is 9.25. The highest BCUT2D eigenvalue weighted by Crippen LogP contribution is 2.23. The molecule has 1 fully saturated rings. The smallest absolute Gasteiger partial charge is 0.326 e. The van der Waals surface area contributed by atoms with Gasteiger partial charge < -0.3 is 14.7 Å². The Balaban J connectivity index is 1.95. The molecular formula is C15H18BrNO4. The average molecular weight is 356 g/mol. The van der Waals surface area contributed by atoms with E-state index in [4.69, 9.17) is 4.74 Å². The molecule has 0 aliphatic carbocycles. The molecule has 2 atom stereocenters. The summed E-state index contributed by atoms with van der Waals surface area (Å²) in [6.45, 7) is 2.34. The van der Waals surface area contributed by atoms with E-state index >= 15 is 0 Å². The van der Waals surface area contributed by atoms with Crippen LogP contribution < -0.4 is 4.74 Å². The lowest BCUT2D eigenvalue weighted by molar-refractivity contribution is -0.153. The number of rotatable bonds is 4. The van der Waals surface area contributed by atoms with Crippen LogP contribution >= 0.6 is 15.9 Å². The second-order valence-corrected chi connectivity index (χ2v) is 6.23. The zero-order chi connectivity index (χ0) is 15.4. The summed E-state index contributed by atoms with van der Waals surface area (Å²) < 4.78 is 6.35. The number of aliphatic carboxylic acids is 1. The number of nitrogens with zero attached hydrogens (tertiary/aromatic N) is 1. The molecule has 0 saturated carbocycles. The molecule has 0 radical (unpaired) electrons. The molecule has 1 aliphatic rings. The quantitative estimate of drug-likeness (QED) is 0.900. The topological polar surface area (TPSA) is 66.8 Å². The van der Waals surface area contributed by atoms with Crippen molar-refractivity contribution < 1.29 is 19.4 Å². The number of carbonyl (C=O) groups is 2. The average Bonchev–Trinajstić information content (AvgIpc) is 2.46. The van der Waals surface area contributed by atoms with Gasteiger partial charge in [0.05, 0.1) is 0 Å². The molecule has 1 aromatic carbocycles. The predicted octanol–water partition coefficient (Wildman–Crippen LogP) is 2.54. The Morgan fingerprint density at radius 1 is 1.38 bits per heavy atom. The molecule has 2 unspecified atom stereocenters. The molecule has 1 saturated heterocycles. The molecule has 1 amide bonds. The zero-order valence-corrected chi connectivity index (χ0v) is 13.4. The maximum Gasteiger partial charge on any atom is 0.326 e. The molecule has 6 heteroatoms. The van der Waals surface area contributed by atoms with E-state index in [0.29, 0.717) is 24.6 Å². The van der Waals surface area contributed by atoms with Crippen molar-refractivity contribution in [2.45, 2.75) is 25.8 Å². The number of likely N-dealkylation sites (tertiary alicyclic amines) is 1. The fourth-order valence-electron chi connectivity index (χ4n) is 2.43. The summed E-state index contributed by atoms with van der Waals surface area (Å²) in [6, 6.07) is 6.41. The van der Waals surface area contributed by atoms with Crippen LogP contribution in [0.3, 0.4) is 0 Å². The summed E-state index contributed by atoms with van der Waals surface area (Å²) in [7, 11) is 0. The third-order valence-corrected chi connectivity index (χ3v) is 4.17. The normalized spacial score (nSPS) is 21.9. The van der Waals surface area contributed by atoms with Crippen LogP contribution in [0.5, 0.6) is 5.75 Å². The summed E-state index contributed by atoms with van der Waals surface area (Å²) in [5.41, 5.74) is 0. The summed E-state index contributed by atoms with van der Waals surface area (Å²) in [4.78, 5) is 24.9. The van der Waals surface area contributed by atoms with Crippen LogP contribution in [0.15, 0.2) is 28.7 Å². The highest BCUT2D eigenvalue weighted by molar-refractivity contribution is 9.10. The van der Waals surface area contributed by atoms with Gasteiger partial charge in [-0.1, -0.05) is 22.9 Å². The second-order valence-electron chi connectivity index (χ2n) is 5.31. The number of hydrogen-bond acceptors (Lipinski definition) is 3. The van der Waals surface area contributed by atoms with Gasteiger partial charge >= 0.3 is 5.97 Å². The molecule has 0 aromatic heterocycles. The Labute approximate surface area is 132 Å². The minimum absolute atomic E-state index is 0.139. The van der Waals surface area contributed by atoms with E-state index in [1.165, 1.54) is 4.90 Å². The number of ether oxygens (including phenoxy) is 1. The molecular weight excluding hydrogens is 338 g/mol. The van der Waals surface area contributed by atoms with Gasteiger partial charge in [-0.3, -0.25) is 4.79 Å². The van der Waals surface area contributed by atoms with Gasteiger partial charge in [-0.25, -0.2) is 4.79 Å². The van der Waals surface area contributed by atoms with Crippen molar-refractivity contribution in [2.75, 3.05) is 13.2 Å². The first-order valence-electron chi connectivity index (χ1n) is 6.88. The van der Waals surface area contributed by atoms with Gasteiger partial charge in [-0.05, 0) is 43.0 Å². The van der Waals surface area contributed by atoms with Gasteiger partial charge in [0, 0.05) is 11.0 Å². The molecule has 1 heterocycles. The van der Waals surface area contributed by atoms with Crippen molar-refractivity contribution in [1.29, 1.82) is 0 Å². The van der Waals surface area contributed by atoms with Gasteiger partial charge in [0.25, 0.3) is 5.91 Å². The van der Waals surface area contributed by atoms with Gasteiger partial charge in [0.15, 0.2) is 6.61 Å². The van der Waals surface area contributed by atoms with Crippen LogP contribution in [0, 0.1) is 5.92 Å². The zero-order valence-electron chi connectivity index (χ0n) is 11.8. The lowest BCUT2D eigenvalue weighted by Crippen LogP contribution is -2.51. The SMILES string of the molecule is CC1CCN(C(=O)COc2ccc(Br)cc2)C(C(=O)O)C1. The number of benzene rings is 1. The number of hydrogen-bond donors (Lipinski definition) is 1. The molecule has 2 rings (SSSR count). The number of carboxylic acids is 1. The maximum atomic E-state index is 12.2. The summed E-state index contributed by atoms with van der Waals surface area (Å²) >= 11 is 3.32. The van der Waals surface area contributed by atoms with E-state index in [1.807, 2.05) is 19.1 Å². The molecule has 0 bridgehead atoms. The van der Waals surface area contributed by atoms with Crippen molar-refractivity contribution in [3.05, 3.63) is 28.7 Å². The molecule has 5 nitrogen and oxygen atoms in total. The maximum absolute atomic E-state index is 12.2. The molecule has 21 heavy (non-hydrogen) atoms. The highest BCUT2D eigenvalue weighted by Gasteiger charge is 2.34. The van der Waals surface area contributed by atoms with Gasteiger partial charge in [0.2, 0.25) is 0 Å². The summed E-state index contributed by atoms with van der Waals surface area (Å²) in [6.07, 6.45) is 1.33. The Morgan fingerprint density at radius 3 is 2.67 bits per heavy atom. The Kier molecular flexibility index (Phi) is 5.22. The second kappa shape index (κ2) is 6.93. The van der Waals surface area contributed by atoms with E-state index in [2.05, 4.69) is 15.9 Å². The minimum atomic E-state index is -0.946. The number of halogens is 1. The van der Waals surface area contributed by atoms with E-state index in [0.717, 1.165) is 10.9 Å². The van der Waals surface area contributed by atoms with Gasteiger partial charge in [-0.2, -0.15) is 0 Å². The number of piperidine rings is 1. The lowest BCUT2D eigenvalue weighted by atomic mass is 9.92. The largest absolute Gasteiger partial charge is 0.484 e. The van der Waals surface area contributed by atoms with Crippen LogP contribution in [0.4, 0.5) is 0 Å². The Bertz CT molecular complexity index is 517. The number of carbonyl (C=O) groups excluding carboxylic acids is 1. The first-order valence-corrected chi connectivity index (χ1v) is 7.67. The Morgan fingerprint density at radius 2 is 2.05 bits per heavy atom. The molecule has 1 aliphatic heterocycles. The predicted molar refractivity (Wildman–Crippen MR) is 81.2 cm³/mol. The van der Waals surface area contributed by atoms with Crippen LogP contribution in [0.1, 0.15) is 19.8 Å². The van der Waals surface area contributed by atoms with Crippen LogP contribution in [-0.2, 0) is 9.59 Å². The standard InChI is InChI=1S/C15H18BrNO4/c1-10-6-7-17(13(8-10)15(19)20)14(18)9-21-12-4-2-11(16)3-5-12/h2-5,10,13H,6-9H2,1H3,(H,19,20). The van der Waals surface area contributed by atoms with E-state index < -0.39 is 12.0 Å². The van der Waals surface area contributed by atoms with Crippen molar-refractivity contribution in [2.24, 2.45) is 5.92 Å². The fraction of sp³-hybridized carbons (Fsp3) is 0.467. The van der Waals surface area contributed by atoms with E-state index in [-0.39, 0.29) is 12.5 Å². The molecule has 1 N–H and O–H groups in total. The molecule has 0 spiro atoms. The van der Waals surface area contributed by atoms with Crippen LogP contribution in [0.2, 0.25) is 0 Å². The first-order chi connectivity index (χ1) is 9.97. The summed E-state index contributed by atoms with van der Waals surface area (Å²) in [5.74, 6) is -0.317. The lowest BCUT2D eigenvalue weighted by Gasteiger charge is -2.35. The minimum Gasteiger partial charge on any atom is -0.484 e. The van der Waals surface area contributed by atoms with Gasteiger partial charge in [-0.15, -0.1) is 0 Å². The van der Waals surface area contributed by atoms with Crippen molar-refractivity contribution in [3.63, 3.8) is 0 Å². The highest BCUT2D eigenvalue weighted by atomic mass is 79.9. The van der Waals surface area contributed by atoms with Crippen molar-refractivity contribution >= 4 is 27.8 Å².